The van der Waals surface area contributed by atoms with Crippen molar-refractivity contribution < 1.29 is 17.9 Å². The normalized spacial score (nSPS) is 19.3. The van der Waals surface area contributed by atoms with Crippen LogP contribution >= 0.6 is 0 Å². The molecule has 226 valence electrons. The molecule has 0 saturated carbocycles. The van der Waals surface area contributed by atoms with Gasteiger partial charge in [-0.2, -0.15) is 0 Å². The number of nitrogens with one attached hydrogen (secondary N) is 1. The Kier molecular flexibility index (Phi) is 11.3. The van der Waals surface area contributed by atoms with E-state index in [-0.39, 0.29) is 23.5 Å². The van der Waals surface area contributed by atoms with Gasteiger partial charge in [-0.15, -0.1) is 0 Å². The molecular weight excluding hydrogens is 546 g/mol. The minimum Gasteiger partial charge on any atom is -0.461 e. The number of hydrogen-bond donors (Lipinski definition) is 1. The molecular formula is C34H45N3O4S. The molecule has 1 saturated heterocycles. The van der Waals surface area contributed by atoms with Crippen molar-refractivity contribution in [2.45, 2.75) is 62.6 Å². The maximum atomic E-state index is 13.5. The molecule has 0 bridgehead atoms. The fraction of sp³-hybridized carbons (Fsp3) is 0.441. The number of esters is 1. The second-order valence-corrected chi connectivity index (χ2v) is 13.3. The summed E-state index contributed by atoms with van der Waals surface area (Å²) in [4.78, 5) is 15.7. The van der Waals surface area contributed by atoms with Crippen LogP contribution < -0.4 is 5.32 Å². The molecule has 3 aromatic carbocycles. The van der Waals surface area contributed by atoms with Crippen molar-refractivity contribution in [1.29, 1.82) is 0 Å². The van der Waals surface area contributed by atoms with Crippen molar-refractivity contribution in [3.8, 4) is 0 Å². The Hall–Kier alpha value is -3.04. The predicted octanol–water partition coefficient (Wildman–Crippen LogP) is 5.44. The van der Waals surface area contributed by atoms with Gasteiger partial charge in [0.05, 0.1) is 17.0 Å². The number of hydrogen-bond acceptors (Lipinski definition) is 6. The standard InChI is InChI=1S/C34H45N3O4S/c1-4-34(30-17-11-7-12-18-30,27-36(3)42(39,40)31-19-13-8-14-20-31)22-24-37-23-21-29(25-32(37)35-5-2)33(38)41-26-28-15-9-6-10-16-28/h6-20,29,32,35H,4-5,21-27H2,1-3H3/t29?,32-,34-/m0/s1. The number of likely N-dealkylation sites (N-methyl/N-ethyl adjacent to an activating group) is 1. The molecule has 0 aliphatic carbocycles. The highest BCUT2D eigenvalue weighted by Crippen LogP contribution is 2.35. The minimum absolute atomic E-state index is 0.0501. The van der Waals surface area contributed by atoms with E-state index in [9.17, 15) is 13.2 Å². The highest BCUT2D eigenvalue weighted by atomic mass is 32.2. The van der Waals surface area contributed by atoms with Crippen LogP contribution in [0.3, 0.4) is 0 Å². The van der Waals surface area contributed by atoms with Crippen LogP contribution in [0.25, 0.3) is 0 Å². The van der Waals surface area contributed by atoms with Crippen molar-refractivity contribution in [2.24, 2.45) is 5.92 Å². The summed E-state index contributed by atoms with van der Waals surface area (Å²) in [6, 6.07) is 28.7. The van der Waals surface area contributed by atoms with Crippen LogP contribution in [0.5, 0.6) is 0 Å². The lowest BCUT2D eigenvalue weighted by Crippen LogP contribution is -2.53. The molecule has 42 heavy (non-hydrogen) atoms. The van der Waals surface area contributed by atoms with Gasteiger partial charge in [-0.1, -0.05) is 92.7 Å². The maximum Gasteiger partial charge on any atom is 0.309 e. The van der Waals surface area contributed by atoms with E-state index in [1.807, 2.05) is 54.6 Å². The van der Waals surface area contributed by atoms with E-state index in [1.54, 1.807) is 31.3 Å². The van der Waals surface area contributed by atoms with Crippen molar-refractivity contribution in [2.75, 3.05) is 33.2 Å². The van der Waals surface area contributed by atoms with Crippen LogP contribution in [-0.2, 0) is 31.6 Å². The molecule has 3 atom stereocenters. The van der Waals surface area contributed by atoms with Crippen molar-refractivity contribution >= 4 is 16.0 Å². The lowest BCUT2D eigenvalue weighted by Gasteiger charge is -2.43. The first kappa shape index (κ1) is 31.9. The first-order valence-electron chi connectivity index (χ1n) is 15.0. The third-order valence-electron chi connectivity index (χ3n) is 8.63. The molecule has 1 unspecified atom stereocenters. The lowest BCUT2D eigenvalue weighted by molar-refractivity contribution is -0.152. The molecule has 8 heteroatoms. The Balaban J connectivity index is 1.47. The van der Waals surface area contributed by atoms with E-state index >= 15 is 0 Å². The van der Waals surface area contributed by atoms with Gasteiger partial charge in [-0.05, 0) is 55.5 Å². The van der Waals surface area contributed by atoms with Crippen molar-refractivity contribution in [1.82, 2.24) is 14.5 Å². The van der Waals surface area contributed by atoms with E-state index in [4.69, 9.17) is 4.74 Å². The predicted molar refractivity (Wildman–Crippen MR) is 167 cm³/mol. The summed E-state index contributed by atoms with van der Waals surface area (Å²) in [5, 5.41) is 3.59. The van der Waals surface area contributed by atoms with Crippen molar-refractivity contribution in [3.05, 3.63) is 102 Å². The smallest absolute Gasteiger partial charge is 0.309 e. The molecule has 0 amide bonds. The number of ether oxygens (including phenoxy) is 1. The van der Waals surface area contributed by atoms with Crippen molar-refractivity contribution in [3.63, 3.8) is 0 Å². The molecule has 1 aliphatic rings. The van der Waals surface area contributed by atoms with Gasteiger partial charge in [0.1, 0.15) is 6.61 Å². The summed E-state index contributed by atoms with van der Waals surface area (Å²) >= 11 is 0. The number of likely N-dealkylation sites (tertiary alicyclic amines) is 1. The first-order chi connectivity index (χ1) is 20.3. The Morgan fingerprint density at radius 2 is 1.60 bits per heavy atom. The summed E-state index contributed by atoms with van der Waals surface area (Å²) in [6.45, 7) is 7.25. The zero-order chi connectivity index (χ0) is 30.0. The van der Waals surface area contributed by atoms with E-state index in [1.165, 1.54) is 4.31 Å². The molecule has 7 nitrogen and oxygen atoms in total. The SMILES string of the molecule is CCN[C@@H]1CC(C(=O)OCc2ccccc2)CCN1CC[C@@](CC)(CN(C)S(=O)(=O)c1ccccc1)c1ccccc1. The van der Waals surface area contributed by atoms with Crippen LogP contribution in [0.15, 0.2) is 95.9 Å². The number of carbonyl (C=O) groups excluding carboxylic acids is 1. The summed E-state index contributed by atoms with van der Waals surface area (Å²) in [5.41, 5.74) is 1.75. The summed E-state index contributed by atoms with van der Waals surface area (Å²) in [6.07, 6.45) is 3.05. The third kappa shape index (κ3) is 7.86. The molecule has 3 aromatic rings. The molecule has 1 N–H and O–H groups in total. The third-order valence-corrected chi connectivity index (χ3v) is 10.4. The maximum absolute atomic E-state index is 13.5. The number of rotatable bonds is 14. The average molecular weight is 592 g/mol. The first-order valence-corrected chi connectivity index (χ1v) is 16.5. The molecule has 1 heterocycles. The quantitative estimate of drug-likeness (QED) is 0.252. The van der Waals surface area contributed by atoms with Crippen LogP contribution in [0.4, 0.5) is 0 Å². The molecule has 1 fully saturated rings. The zero-order valence-electron chi connectivity index (χ0n) is 25.1. The molecule has 4 rings (SSSR count). The van der Waals surface area contributed by atoms with Crippen LogP contribution in [0.2, 0.25) is 0 Å². The molecule has 0 radical (unpaired) electrons. The minimum atomic E-state index is -3.64. The second-order valence-electron chi connectivity index (χ2n) is 11.2. The van der Waals surface area contributed by atoms with Gasteiger partial charge in [0.2, 0.25) is 10.0 Å². The second kappa shape index (κ2) is 14.9. The Labute approximate surface area is 251 Å². The number of benzene rings is 3. The fourth-order valence-corrected chi connectivity index (χ4v) is 7.31. The summed E-state index contributed by atoms with van der Waals surface area (Å²) in [7, 11) is -1.96. The van der Waals surface area contributed by atoms with Gasteiger partial charge in [-0.25, -0.2) is 12.7 Å². The number of carbonyl (C=O) groups is 1. The van der Waals surface area contributed by atoms with Gasteiger partial charge in [0, 0.05) is 32.1 Å². The van der Waals surface area contributed by atoms with E-state index in [0.29, 0.717) is 24.5 Å². The summed E-state index contributed by atoms with van der Waals surface area (Å²) in [5.74, 6) is -0.289. The molecule has 0 spiro atoms. The molecule has 0 aromatic heterocycles. The number of sulfonamides is 1. The van der Waals surface area contributed by atoms with Gasteiger partial charge < -0.3 is 10.1 Å². The highest BCUT2D eigenvalue weighted by Gasteiger charge is 2.38. The van der Waals surface area contributed by atoms with E-state index < -0.39 is 10.0 Å². The van der Waals surface area contributed by atoms with Gasteiger partial charge in [0.25, 0.3) is 0 Å². The zero-order valence-corrected chi connectivity index (χ0v) is 25.9. The Morgan fingerprint density at radius 3 is 2.21 bits per heavy atom. The van der Waals surface area contributed by atoms with Crippen LogP contribution in [-0.4, -0.2) is 63.0 Å². The Morgan fingerprint density at radius 1 is 0.976 bits per heavy atom. The van der Waals surface area contributed by atoms with Crippen LogP contribution in [0.1, 0.15) is 50.7 Å². The lowest BCUT2D eigenvalue weighted by atomic mass is 9.75. The van der Waals surface area contributed by atoms with Crippen LogP contribution in [0, 0.1) is 5.92 Å². The fourth-order valence-electron chi connectivity index (χ4n) is 6.03. The number of piperidine rings is 1. The molecule has 1 aliphatic heterocycles. The Bertz CT molecular complexity index is 1360. The van der Waals surface area contributed by atoms with Gasteiger partial charge in [-0.3, -0.25) is 9.69 Å². The summed E-state index contributed by atoms with van der Waals surface area (Å²) < 4.78 is 34.2. The highest BCUT2D eigenvalue weighted by molar-refractivity contribution is 7.89. The monoisotopic (exact) mass is 591 g/mol. The largest absolute Gasteiger partial charge is 0.461 e. The van der Waals surface area contributed by atoms with E-state index in [0.717, 1.165) is 50.0 Å². The number of nitrogens with zero attached hydrogens (tertiary/aromatic N) is 2. The topological polar surface area (TPSA) is 79.0 Å². The van der Waals surface area contributed by atoms with Gasteiger partial charge >= 0.3 is 5.97 Å². The average Bonchev–Trinajstić information content (AvgIpc) is 3.03. The van der Waals surface area contributed by atoms with E-state index in [2.05, 4.69) is 36.2 Å². The van der Waals surface area contributed by atoms with Gasteiger partial charge in [0.15, 0.2) is 0 Å².